The predicted octanol–water partition coefficient (Wildman–Crippen LogP) is 2.55. The number of rotatable bonds is 4. The van der Waals surface area contributed by atoms with Crippen molar-refractivity contribution in [2.45, 2.75) is 13.5 Å². The van der Waals surface area contributed by atoms with E-state index in [1.165, 1.54) is 33.9 Å². The summed E-state index contributed by atoms with van der Waals surface area (Å²) in [4.78, 5) is 27.4. The SMILES string of the molecule is Cc1csc2nc(COc3ccccc3[N+](=O)[O-])cc(=O)n12. The van der Waals surface area contributed by atoms with Gasteiger partial charge in [0.15, 0.2) is 10.7 Å². The van der Waals surface area contributed by atoms with E-state index in [1.807, 2.05) is 12.3 Å². The maximum Gasteiger partial charge on any atom is 0.310 e. The van der Waals surface area contributed by atoms with E-state index in [-0.39, 0.29) is 23.6 Å². The van der Waals surface area contributed by atoms with Gasteiger partial charge in [-0.1, -0.05) is 12.1 Å². The number of aryl methyl sites for hydroxylation is 1. The van der Waals surface area contributed by atoms with Crippen LogP contribution in [0.5, 0.6) is 5.75 Å². The lowest BCUT2D eigenvalue weighted by Crippen LogP contribution is -2.16. The summed E-state index contributed by atoms with van der Waals surface area (Å²) in [5, 5.41) is 12.8. The lowest BCUT2D eigenvalue weighted by molar-refractivity contribution is -0.385. The van der Waals surface area contributed by atoms with Crippen LogP contribution in [0.25, 0.3) is 4.96 Å². The number of fused-ring (bicyclic) bond motifs is 1. The highest BCUT2D eigenvalue weighted by atomic mass is 32.1. The van der Waals surface area contributed by atoms with Crippen LogP contribution in [-0.2, 0) is 6.61 Å². The molecule has 0 fully saturated rings. The number of ether oxygens (including phenoxy) is 1. The van der Waals surface area contributed by atoms with Crippen LogP contribution in [0.3, 0.4) is 0 Å². The van der Waals surface area contributed by atoms with E-state index >= 15 is 0 Å². The van der Waals surface area contributed by atoms with E-state index < -0.39 is 4.92 Å². The molecule has 0 unspecified atom stereocenters. The molecule has 1 aromatic carbocycles. The minimum Gasteiger partial charge on any atom is -0.480 e. The number of hydrogen-bond acceptors (Lipinski definition) is 6. The average Bonchev–Trinajstić information content (AvgIpc) is 2.87. The van der Waals surface area contributed by atoms with Crippen molar-refractivity contribution in [2.24, 2.45) is 0 Å². The molecule has 0 saturated heterocycles. The van der Waals surface area contributed by atoms with Gasteiger partial charge in [-0.15, -0.1) is 11.3 Å². The number of benzene rings is 1. The highest BCUT2D eigenvalue weighted by molar-refractivity contribution is 7.15. The fourth-order valence-electron chi connectivity index (χ4n) is 2.06. The molecule has 0 aliphatic carbocycles. The molecule has 2 aromatic heterocycles. The number of thiazole rings is 1. The monoisotopic (exact) mass is 317 g/mol. The van der Waals surface area contributed by atoms with Gasteiger partial charge in [-0.3, -0.25) is 19.3 Å². The van der Waals surface area contributed by atoms with Gasteiger partial charge in [-0.2, -0.15) is 0 Å². The molecule has 3 aromatic rings. The highest BCUT2D eigenvalue weighted by Crippen LogP contribution is 2.26. The first kappa shape index (κ1) is 14.2. The number of nitro groups is 1. The highest BCUT2D eigenvalue weighted by Gasteiger charge is 2.14. The van der Waals surface area contributed by atoms with Crippen LogP contribution >= 0.6 is 11.3 Å². The number of nitrogens with zero attached hydrogens (tertiary/aromatic N) is 3. The maximum absolute atomic E-state index is 12.0. The molecule has 0 radical (unpaired) electrons. The van der Waals surface area contributed by atoms with Crippen LogP contribution in [0.1, 0.15) is 11.4 Å². The number of hydrogen-bond donors (Lipinski definition) is 0. The molecule has 8 heteroatoms. The molecule has 3 rings (SSSR count). The molecule has 0 N–H and O–H groups in total. The van der Waals surface area contributed by atoms with E-state index in [2.05, 4.69) is 4.98 Å². The van der Waals surface area contributed by atoms with Crippen molar-refractivity contribution in [1.29, 1.82) is 0 Å². The van der Waals surface area contributed by atoms with Gasteiger partial charge in [0.2, 0.25) is 0 Å². The van der Waals surface area contributed by atoms with E-state index in [0.717, 1.165) is 5.69 Å². The Bertz CT molecular complexity index is 916. The second kappa shape index (κ2) is 5.57. The molecule has 112 valence electrons. The summed E-state index contributed by atoms with van der Waals surface area (Å²) in [6.07, 6.45) is 0. The van der Waals surface area contributed by atoms with Crippen LogP contribution in [0.15, 0.2) is 40.5 Å². The van der Waals surface area contributed by atoms with Crippen molar-refractivity contribution >= 4 is 22.0 Å². The summed E-state index contributed by atoms with van der Waals surface area (Å²) in [5.41, 5.74) is 0.950. The topological polar surface area (TPSA) is 86.7 Å². The summed E-state index contributed by atoms with van der Waals surface area (Å²) >= 11 is 1.36. The van der Waals surface area contributed by atoms with E-state index in [9.17, 15) is 14.9 Å². The lowest BCUT2D eigenvalue weighted by atomic mass is 10.3. The molecule has 0 spiro atoms. The van der Waals surface area contributed by atoms with Crippen LogP contribution in [0.2, 0.25) is 0 Å². The van der Waals surface area contributed by atoms with Crippen molar-refractivity contribution < 1.29 is 9.66 Å². The zero-order valence-electron chi connectivity index (χ0n) is 11.6. The fourth-order valence-corrected chi connectivity index (χ4v) is 2.95. The van der Waals surface area contributed by atoms with Gasteiger partial charge in [-0.05, 0) is 13.0 Å². The van der Waals surface area contributed by atoms with Crippen molar-refractivity contribution in [3.8, 4) is 5.75 Å². The standard InChI is InChI=1S/C14H11N3O4S/c1-9-8-22-14-15-10(6-13(18)16(9)14)7-21-12-5-3-2-4-11(12)17(19)20/h2-6,8H,7H2,1H3. The van der Waals surface area contributed by atoms with Gasteiger partial charge in [0, 0.05) is 23.2 Å². The second-order valence-electron chi connectivity index (χ2n) is 4.59. The molecule has 0 amide bonds. The van der Waals surface area contributed by atoms with E-state index in [0.29, 0.717) is 10.7 Å². The summed E-state index contributed by atoms with van der Waals surface area (Å²) in [5.74, 6) is 0.150. The van der Waals surface area contributed by atoms with Gasteiger partial charge in [-0.25, -0.2) is 4.98 Å². The normalized spacial score (nSPS) is 10.8. The summed E-state index contributed by atoms with van der Waals surface area (Å²) < 4.78 is 6.96. The third-order valence-electron chi connectivity index (χ3n) is 3.07. The maximum atomic E-state index is 12.0. The molecule has 0 bridgehead atoms. The first-order valence-corrected chi connectivity index (χ1v) is 7.27. The first-order chi connectivity index (χ1) is 10.6. The molecule has 0 aliphatic rings. The van der Waals surface area contributed by atoms with Crippen molar-refractivity contribution in [3.63, 3.8) is 0 Å². The summed E-state index contributed by atoms with van der Waals surface area (Å²) in [7, 11) is 0. The largest absolute Gasteiger partial charge is 0.480 e. The van der Waals surface area contributed by atoms with Gasteiger partial charge in [0.05, 0.1) is 10.6 Å². The van der Waals surface area contributed by atoms with Crippen molar-refractivity contribution in [2.75, 3.05) is 0 Å². The fraction of sp³-hybridized carbons (Fsp3) is 0.143. The minimum atomic E-state index is -0.510. The summed E-state index contributed by atoms with van der Waals surface area (Å²) in [6, 6.07) is 7.47. The Hall–Kier alpha value is -2.74. The number of nitro benzene ring substituents is 1. The quantitative estimate of drug-likeness (QED) is 0.545. The smallest absolute Gasteiger partial charge is 0.310 e. The van der Waals surface area contributed by atoms with E-state index in [4.69, 9.17) is 4.74 Å². The zero-order valence-corrected chi connectivity index (χ0v) is 12.4. The van der Waals surface area contributed by atoms with Gasteiger partial charge >= 0.3 is 5.69 Å². The van der Waals surface area contributed by atoms with E-state index in [1.54, 1.807) is 12.1 Å². The molecular weight excluding hydrogens is 306 g/mol. The van der Waals surface area contributed by atoms with Crippen LogP contribution < -0.4 is 10.3 Å². The van der Waals surface area contributed by atoms with Gasteiger partial charge < -0.3 is 4.74 Å². The van der Waals surface area contributed by atoms with Crippen molar-refractivity contribution in [3.05, 3.63) is 67.6 Å². The Morgan fingerprint density at radius 2 is 2.18 bits per heavy atom. The molecule has 0 aliphatic heterocycles. The Morgan fingerprint density at radius 3 is 2.95 bits per heavy atom. The second-order valence-corrected chi connectivity index (χ2v) is 5.43. The Kier molecular flexibility index (Phi) is 3.60. The van der Waals surface area contributed by atoms with Gasteiger partial charge in [0.25, 0.3) is 5.56 Å². The van der Waals surface area contributed by atoms with Gasteiger partial charge in [0.1, 0.15) is 6.61 Å². The molecular formula is C14H11N3O4S. The van der Waals surface area contributed by atoms with Crippen LogP contribution in [-0.4, -0.2) is 14.3 Å². The van der Waals surface area contributed by atoms with Crippen molar-refractivity contribution in [1.82, 2.24) is 9.38 Å². The Labute approximate surface area is 128 Å². The third kappa shape index (κ3) is 2.56. The van der Waals surface area contributed by atoms with Crippen LogP contribution in [0, 0.1) is 17.0 Å². The number of aromatic nitrogens is 2. The minimum absolute atomic E-state index is 0.00641. The third-order valence-corrected chi connectivity index (χ3v) is 4.01. The zero-order chi connectivity index (χ0) is 15.7. The molecule has 22 heavy (non-hydrogen) atoms. The Morgan fingerprint density at radius 1 is 1.41 bits per heavy atom. The molecule has 7 nitrogen and oxygen atoms in total. The predicted molar refractivity (Wildman–Crippen MR) is 81.5 cm³/mol. The molecule has 2 heterocycles. The average molecular weight is 317 g/mol. The first-order valence-electron chi connectivity index (χ1n) is 6.39. The lowest BCUT2D eigenvalue weighted by Gasteiger charge is -2.06. The Balaban J connectivity index is 1.89. The van der Waals surface area contributed by atoms with Crippen LogP contribution in [0.4, 0.5) is 5.69 Å². The molecule has 0 saturated carbocycles. The number of para-hydroxylation sites is 2. The summed E-state index contributed by atoms with van der Waals surface area (Å²) in [6.45, 7) is 1.82. The molecule has 0 atom stereocenters.